The van der Waals surface area contributed by atoms with Crippen LogP contribution in [0.1, 0.15) is 30.7 Å². The lowest BCUT2D eigenvalue weighted by atomic mass is 10.1. The van der Waals surface area contributed by atoms with E-state index in [0.29, 0.717) is 36.2 Å². The first-order chi connectivity index (χ1) is 14.1. The maximum Gasteiger partial charge on any atom is 0.232 e. The molecule has 4 rings (SSSR count). The van der Waals surface area contributed by atoms with Crippen molar-refractivity contribution in [1.82, 2.24) is 10.1 Å². The summed E-state index contributed by atoms with van der Waals surface area (Å²) in [7, 11) is 3.18. The summed E-state index contributed by atoms with van der Waals surface area (Å²) in [5, 5.41) is 4.10. The molecule has 1 saturated heterocycles. The Hall–Kier alpha value is -3.35. The minimum absolute atomic E-state index is 0.0575. The molecule has 7 heteroatoms. The first-order valence-corrected chi connectivity index (χ1v) is 9.57. The zero-order valence-corrected chi connectivity index (χ0v) is 16.7. The van der Waals surface area contributed by atoms with E-state index in [-0.39, 0.29) is 11.8 Å². The van der Waals surface area contributed by atoms with Gasteiger partial charge in [0.05, 0.1) is 20.1 Å². The SMILES string of the molecule is CCc1ccc(N2CC(c3nc(-c4cc(OC)cc(OC)c4)no3)CC2=O)cc1. The van der Waals surface area contributed by atoms with Crippen molar-refractivity contribution in [1.29, 1.82) is 0 Å². The van der Waals surface area contributed by atoms with Gasteiger partial charge in [-0.15, -0.1) is 0 Å². The molecule has 3 aromatic rings. The van der Waals surface area contributed by atoms with Crippen molar-refractivity contribution < 1.29 is 18.8 Å². The highest BCUT2D eigenvalue weighted by Crippen LogP contribution is 2.33. The fraction of sp³-hybridized carbons (Fsp3) is 0.318. The van der Waals surface area contributed by atoms with Crippen LogP contribution in [0.2, 0.25) is 0 Å². The summed E-state index contributed by atoms with van der Waals surface area (Å²) in [5.41, 5.74) is 2.87. The molecule has 2 aromatic carbocycles. The largest absolute Gasteiger partial charge is 0.497 e. The molecule has 150 valence electrons. The number of carbonyl (C=O) groups excluding carboxylic acids is 1. The van der Waals surface area contributed by atoms with Crippen LogP contribution in [0.25, 0.3) is 11.4 Å². The molecule has 0 aliphatic carbocycles. The van der Waals surface area contributed by atoms with Crippen molar-refractivity contribution in [3.05, 3.63) is 53.9 Å². The van der Waals surface area contributed by atoms with Crippen LogP contribution >= 0.6 is 0 Å². The Kier molecular flexibility index (Phi) is 5.20. The highest BCUT2D eigenvalue weighted by molar-refractivity contribution is 5.96. The third-order valence-electron chi connectivity index (χ3n) is 5.18. The van der Waals surface area contributed by atoms with Crippen LogP contribution in [0.15, 0.2) is 47.0 Å². The fourth-order valence-electron chi connectivity index (χ4n) is 3.49. The number of nitrogens with zero attached hydrogens (tertiary/aromatic N) is 3. The van der Waals surface area contributed by atoms with Gasteiger partial charge in [-0.05, 0) is 36.2 Å². The van der Waals surface area contributed by atoms with Crippen molar-refractivity contribution in [2.75, 3.05) is 25.7 Å². The molecule has 1 unspecified atom stereocenters. The van der Waals surface area contributed by atoms with E-state index in [2.05, 4.69) is 29.2 Å². The summed E-state index contributed by atoms with van der Waals surface area (Å²) in [5.74, 6) is 2.11. The first-order valence-electron chi connectivity index (χ1n) is 9.57. The first kappa shape index (κ1) is 19.0. The van der Waals surface area contributed by atoms with Gasteiger partial charge in [-0.1, -0.05) is 24.2 Å². The standard InChI is InChI=1S/C22H23N3O4/c1-4-14-5-7-17(8-6-14)25-13-16(11-20(25)26)22-23-21(24-29-22)15-9-18(27-2)12-19(10-15)28-3/h5-10,12,16H,4,11,13H2,1-3H3. The summed E-state index contributed by atoms with van der Waals surface area (Å²) in [6.45, 7) is 2.63. The molecule has 29 heavy (non-hydrogen) atoms. The van der Waals surface area contributed by atoms with Crippen LogP contribution in [-0.4, -0.2) is 36.8 Å². The van der Waals surface area contributed by atoms with Gasteiger partial charge in [0, 0.05) is 30.3 Å². The van der Waals surface area contributed by atoms with Gasteiger partial charge in [0.1, 0.15) is 11.5 Å². The Morgan fingerprint density at radius 2 is 1.79 bits per heavy atom. The Balaban J connectivity index is 1.55. The van der Waals surface area contributed by atoms with Gasteiger partial charge in [-0.25, -0.2) is 0 Å². The van der Waals surface area contributed by atoms with Gasteiger partial charge in [-0.2, -0.15) is 4.98 Å². The lowest BCUT2D eigenvalue weighted by molar-refractivity contribution is -0.117. The predicted molar refractivity (Wildman–Crippen MR) is 108 cm³/mol. The second-order valence-electron chi connectivity index (χ2n) is 6.98. The summed E-state index contributed by atoms with van der Waals surface area (Å²) >= 11 is 0. The molecule has 0 saturated carbocycles. The number of aryl methyl sites for hydroxylation is 1. The zero-order chi connectivity index (χ0) is 20.4. The van der Waals surface area contributed by atoms with Gasteiger partial charge in [0.25, 0.3) is 0 Å². The smallest absolute Gasteiger partial charge is 0.232 e. The van der Waals surface area contributed by atoms with Crippen LogP contribution in [-0.2, 0) is 11.2 Å². The molecule has 2 heterocycles. The van der Waals surface area contributed by atoms with E-state index in [4.69, 9.17) is 14.0 Å². The number of anilines is 1. The third-order valence-corrected chi connectivity index (χ3v) is 5.18. The Bertz CT molecular complexity index is 991. The molecule has 1 aromatic heterocycles. The molecular weight excluding hydrogens is 370 g/mol. The van der Waals surface area contributed by atoms with Gasteiger partial charge >= 0.3 is 0 Å². The Labute approximate surface area is 169 Å². The average Bonchev–Trinajstić information content (AvgIpc) is 3.40. The van der Waals surface area contributed by atoms with E-state index in [1.165, 1.54) is 5.56 Å². The minimum atomic E-state index is -0.137. The van der Waals surface area contributed by atoms with Crippen LogP contribution in [0.3, 0.4) is 0 Å². The highest BCUT2D eigenvalue weighted by Gasteiger charge is 2.35. The fourth-order valence-corrected chi connectivity index (χ4v) is 3.49. The molecule has 0 radical (unpaired) electrons. The maximum atomic E-state index is 12.6. The molecule has 0 bridgehead atoms. The molecule has 1 amide bonds. The van der Waals surface area contributed by atoms with E-state index >= 15 is 0 Å². The number of hydrogen-bond donors (Lipinski definition) is 0. The second-order valence-corrected chi connectivity index (χ2v) is 6.98. The van der Waals surface area contributed by atoms with Crippen molar-refractivity contribution in [2.24, 2.45) is 0 Å². The van der Waals surface area contributed by atoms with Crippen molar-refractivity contribution in [3.63, 3.8) is 0 Å². The van der Waals surface area contributed by atoms with Crippen LogP contribution in [0.5, 0.6) is 11.5 Å². The Morgan fingerprint density at radius 3 is 2.41 bits per heavy atom. The molecule has 7 nitrogen and oxygen atoms in total. The van der Waals surface area contributed by atoms with E-state index in [1.807, 2.05) is 24.3 Å². The maximum absolute atomic E-state index is 12.6. The number of rotatable bonds is 6. The molecule has 1 fully saturated rings. The highest BCUT2D eigenvalue weighted by atomic mass is 16.5. The monoisotopic (exact) mass is 393 g/mol. The lowest BCUT2D eigenvalue weighted by Crippen LogP contribution is -2.24. The third kappa shape index (κ3) is 3.81. The van der Waals surface area contributed by atoms with Gasteiger partial charge < -0.3 is 18.9 Å². The van der Waals surface area contributed by atoms with Crippen LogP contribution < -0.4 is 14.4 Å². The number of amides is 1. The summed E-state index contributed by atoms with van der Waals surface area (Å²) in [4.78, 5) is 18.9. The van der Waals surface area contributed by atoms with Gasteiger partial charge in [-0.3, -0.25) is 4.79 Å². The predicted octanol–water partition coefficient (Wildman–Crippen LogP) is 3.84. The van der Waals surface area contributed by atoms with Crippen LogP contribution in [0.4, 0.5) is 5.69 Å². The number of methoxy groups -OCH3 is 2. The van der Waals surface area contributed by atoms with Crippen molar-refractivity contribution in [2.45, 2.75) is 25.7 Å². The topological polar surface area (TPSA) is 77.7 Å². The van der Waals surface area contributed by atoms with Gasteiger partial charge in [0.2, 0.25) is 17.6 Å². The zero-order valence-electron chi connectivity index (χ0n) is 16.7. The normalized spacial score (nSPS) is 16.3. The molecule has 0 N–H and O–H groups in total. The number of ether oxygens (including phenoxy) is 2. The second kappa shape index (κ2) is 7.95. The summed E-state index contributed by atoms with van der Waals surface area (Å²) in [6, 6.07) is 13.5. The van der Waals surface area contributed by atoms with Crippen molar-refractivity contribution >= 4 is 11.6 Å². The van der Waals surface area contributed by atoms with E-state index in [1.54, 1.807) is 25.2 Å². The Morgan fingerprint density at radius 1 is 1.10 bits per heavy atom. The molecular formula is C22H23N3O4. The minimum Gasteiger partial charge on any atom is -0.497 e. The number of hydrogen-bond acceptors (Lipinski definition) is 6. The number of aromatic nitrogens is 2. The molecule has 1 atom stereocenters. The molecule has 0 spiro atoms. The lowest BCUT2D eigenvalue weighted by Gasteiger charge is -2.16. The number of benzene rings is 2. The van der Waals surface area contributed by atoms with E-state index < -0.39 is 0 Å². The van der Waals surface area contributed by atoms with E-state index in [0.717, 1.165) is 17.7 Å². The number of carbonyl (C=O) groups is 1. The van der Waals surface area contributed by atoms with Gasteiger partial charge in [0.15, 0.2) is 0 Å². The van der Waals surface area contributed by atoms with Crippen molar-refractivity contribution in [3.8, 4) is 22.9 Å². The molecule has 1 aliphatic rings. The summed E-state index contributed by atoms with van der Waals surface area (Å²) < 4.78 is 16.1. The average molecular weight is 393 g/mol. The van der Waals surface area contributed by atoms with Crippen LogP contribution in [0, 0.1) is 0 Å². The summed E-state index contributed by atoms with van der Waals surface area (Å²) in [6.07, 6.45) is 1.31. The van der Waals surface area contributed by atoms with E-state index in [9.17, 15) is 4.79 Å². The molecule has 1 aliphatic heterocycles. The quantitative estimate of drug-likeness (QED) is 0.633.